The van der Waals surface area contributed by atoms with Crippen LogP contribution < -0.4 is 14.5 Å². The second-order valence-corrected chi connectivity index (χ2v) is 10.7. The summed E-state index contributed by atoms with van der Waals surface area (Å²) in [6.45, 7) is 0.806. The number of sulfonamides is 1. The number of ether oxygens (including phenoxy) is 1. The van der Waals surface area contributed by atoms with Gasteiger partial charge in [0.2, 0.25) is 0 Å². The topological polar surface area (TPSA) is 108 Å². The highest BCUT2D eigenvalue weighted by Gasteiger charge is 2.29. The number of amides is 2. The number of nitrogens with one attached hydrogen (secondary N) is 1. The maximum absolute atomic E-state index is 14.5. The largest absolute Gasteiger partial charge is 0.484 e. The number of para-hydroxylation sites is 1. The molecule has 3 aromatic carbocycles. The van der Waals surface area contributed by atoms with Crippen LogP contribution in [-0.2, 0) is 19.6 Å². The van der Waals surface area contributed by atoms with E-state index < -0.39 is 28.3 Å². The van der Waals surface area contributed by atoms with Gasteiger partial charge < -0.3 is 9.64 Å². The maximum Gasteiger partial charge on any atom is 0.264 e. The lowest BCUT2D eigenvalue weighted by Gasteiger charge is -2.26. The average Bonchev–Trinajstić information content (AvgIpc) is 2.96. The van der Waals surface area contributed by atoms with E-state index in [9.17, 15) is 22.4 Å². The number of hydrazone groups is 1. The molecule has 1 aliphatic rings. The van der Waals surface area contributed by atoms with Crippen LogP contribution in [0.2, 0.25) is 0 Å². The molecule has 3 aromatic rings. The maximum atomic E-state index is 14.5. The van der Waals surface area contributed by atoms with Crippen LogP contribution in [0.3, 0.4) is 0 Å². The van der Waals surface area contributed by atoms with Gasteiger partial charge in [0.05, 0.1) is 16.8 Å². The zero-order chi connectivity index (χ0) is 27.7. The van der Waals surface area contributed by atoms with Gasteiger partial charge in [-0.2, -0.15) is 5.10 Å². The Morgan fingerprint density at radius 3 is 2.31 bits per heavy atom. The van der Waals surface area contributed by atoms with E-state index in [0.29, 0.717) is 15.6 Å². The molecule has 0 aliphatic carbocycles. The van der Waals surface area contributed by atoms with Crippen LogP contribution in [0.5, 0.6) is 5.75 Å². The molecular formula is C28H29FN4O5S. The number of halogens is 1. The summed E-state index contributed by atoms with van der Waals surface area (Å²) in [5, 5.41) is 3.89. The van der Waals surface area contributed by atoms with Crippen LogP contribution in [0, 0.1) is 5.82 Å². The molecule has 1 heterocycles. The smallest absolute Gasteiger partial charge is 0.264 e. The van der Waals surface area contributed by atoms with Crippen molar-refractivity contribution >= 4 is 33.7 Å². The highest BCUT2D eigenvalue weighted by atomic mass is 32.2. The first kappa shape index (κ1) is 27.8. The Balaban J connectivity index is 1.36. The van der Waals surface area contributed by atoms with Crippen molar-refractivity contribution in [1.82, 2.24) is 10.3 Å². The number of anilines is 1. The summed E-state index contributed by atoms with van der Waals surface area (Å²) >= 11 is 0. The molecule has 204 valence electrons. The number of hydrogen-bond donors (Lipinski definition) is 1. The highest BCUT2D eigenvalue weighted by molar-refractivity contribution is 7.92. The molecule has 11 heteroatoms. The van der Waals surface area contributed by atoms with Crippen molar-refractivity contribution < 1.29 is 27.1 Å². The van der Waals surface area contributed by atoms with Crippen LogP contribution in [0.1, 0.15) is 24.8 Å². The SMILES string of the molecule is O=C(CN(c1ccccc1F)S(=O)(=O)c1ccccc1)N/N=C\c1ccc(OCC(=O)N2CCCCC2)cc1. The number of likely N-dealkylation sites (tertiary alicyclic amines) is 1. The van der Waals surface area contributed by atoms with Gasteiger partial charge >= 0.3 is 0 Å². The number of piperidine rings is 1. The van der Waals surface area contributed by atoms with Gasteiger partial charge in [0.1, 0.15) is 18.1 Å². The molecule has 0 radical (unpaired) electrons. The van der Waals surface area contributed by atoms with E-state index in [4.69, 9.17) is 4.74 Å². The fourth-order valence-electron chi connectivity index (χ4n) is 4.05. The lowest BCUT2D eigenvalue weighted by molar-refractivity contribution is -0.134. The van der Waals surface area contributed by atoms with Crippen LogP contribution >= 0.6 is 0 Å². The Kier molecular flexibility index (Phi) is 9.27. The van der Waals surface area contributed by atoms with Gasteiger partial charge in [-0.1, -0.05) is 30.3 Å². The van der Waals surface area contributed by atoms with E-state index in [2.05, 4.69) is 10.5 Å². The summed E-state index contributed by atoms with van der Waals surface area (Å²) < 4.78 is 47.3. The fraction of sp³-hybridized carbons (Fsp3) is 0.250. The van der Waals surface area contributed by atoms with Gasteiger partial charge in [0.25, 0.3) is 21.8 Å². The summed E-state index contributed by atoms with van der Waals surface area (Å²) in [5.41, 5.74) is 2.66. The molecule has 39 heavy (non-hydrogen) atoms. The third kappa shape index (κ3) is 7.41. The zero-order valence-electron chi connectivity index (χ0n) is 21.2. The van der Waals surface area contributed by atoms with E-state index in [0.717, 1.165) is 38.4 Å². The molecule has 0 unspecified atom stereocenters. The predicted molar refractivity (Wildman–Crippen MR) is 145 cm³/mol. The van der Waals surface area contributed by atoms with Crippen molar-refractivity contribution in [1.29, 1.82) is 0 Å². The minimum absolute atomic E-state index is 0.0338. The van der Waals surface area contributed by atoms with Crippen molar-refractivity contribution in [2.24, 2.45) is 5.10 Å². The first-order valence-electron chi connectivity index (χ1n) is 12.5. The molecule has 0 saturated carbocycles. The molecular weight excluding hydrogens is 523 g/mol. The van der Waals surface area contributed by atoms with Crippen molar-refractivity contribution in [2.75, 3.05) is 30.5 Å². The van der Waals surface area contributed by atoms with E-state index in [-0.39, 0.29) is 23.1 Å². The molecule has 9 nitrogen and oxygen atoms in total. The number of nitrogens with zero attached hydrogens (tertiary/aromatic N) is 3. The van der Waals surface area contributed by atoms with Crippen LogP contribution in [0.25, 0.3) is 0 Å². The zero-order valence-corrected chi connectivity index (χ0v) is 22.0. The number of carbonyl (C=O) groups is 2. The molecule has 0 bridgehead atoms. The third-order valence-corrected chi connectivity index (χ3v) is 7.87. The normalized spacial score (nSPS) is 13.7. The standard InChI is InChI=1S/C28H29FN4O5S/c29-25-11-5-6-12-26(25)33(39(36,37)24-9-3-1-4-10-24)20-27(34)31-30-19-22-13-15-23(16-14-22)38-21-28(35)32-17-7-2-8-18-32/h1,3-6,9-16,19H,2,7-8,17-18,20-21H2,(H,31,34)/b30-19-. The van der Waals surface area contributed by atoms with E-state index in [1.165, 1.54) is 36.5 Å². The Labute approximate surface area is 226 Å². The molecule has 1 fully saturated rings. The third-order valence-electron chi connectivity index (χ3n) is 6.09. The van der Waals surface area contributed by atoms with E-state index >= 15 is 0 Å². The van der Waals surface area contributed by atoms with Gasteiger partial charge in [-0.25, -0.2) is 18.2 Å². The van der Waals surface area contributed by atoms with Gasteiger partial charge in [0, 0.05) is 13.1 Å². The van der Waals surface area contributed by atoms with Crippen molar-refractivity contribution in [3.63, 3.8) is 0 Å². The van der Waals surface area contributed by atoms with Gasteiger partial charge in [0.15, 0.2) is 6.61 Å². The Bertz CT molecular complexity index is 1410. The molecule has 0 atom stereocenters. The molecule has 1 aliphatic heterocycles. The highest BCUT2D eigenvalue weighted by Crippen LogP contribution is 2.26. The first-order chi connectivity index (χ1) is 18.8. The van der Waals surface area contributed by atoms with Crippen molar-refractivity contribution in [3.8, 4) is 5.75 Å². The van der Waals surface area contributed by atoms with Crippen molar-refractivity contribution in [2.45, 2.75) is 24.2 Å². The molecule has 4 rings (SSSR count). The Morgan fingerprint density at radius 2 is 1.62 bits per heavy atom. The number of rotatable bonds is 10. The Hall–Kier alpha value is -4.25. The summed E-state index contributed by atoms with van der Waals surface area (Å²) in [7, 11) is -4.23. The molecule has 2 amide bonds. The number of benzene rings is 3. The molecule has 0 spiro atoms. The lowest BCUT2D eigenvalue weighted by Crippen LogP contribution is -2.40. The van der Waals surface area contributed by atoms with Crippen LogP contribution in [-0.4, -0.2) is 57.6 Å². The summed E-state index contributed by atoms with van der Waals surface area (Å²) in [6, 6.07) is 19.6. The van der Waals surface area contributed by atoms with E-state index in [1.54, 1.807) is 42.5 Å². The fourth-order valence-corrected chi connectivity index (χ4v) is 5.50. The van der Waals surface area contributed by atoms with Gasteiger partial charge in [-0.3, -0.25) is 13.9 Å². The quantitative estimate of drug-likeness (QED) is 0.306. The van der Waals surface area contributed by atoms with Crippen LogP contribution in [0.4, 0.5) is 10.1 Å². The number of carbonyl (C=O) groups excluding carboxylic acids is 2. The van der Waals surface area contributed by atoms with E-state index in [1.807, 2.05) is 4.90 Å². The monoisotopic (exact) mass is 552 g/mol. The summed E-state index contributed by atoms with van der Waals surface area (Å²) in [6.07, 6.45) is 4.55. The molecule has 1 N–H and O–H groups in total. The predicted octanol–water partition coefficient (Wildman–Crippen LogP) is 3.56. The Morgan fingerprint density at radius 1 is 0.949 bits per heavy atom. The second kappa shape index (κ2) is 13.0. The lowest BCUT2D eigenvalue weighted by atomic mass is 10.1. The second-order valence-electron chi connectivity index (χ2n) is 8.87. The van der Waals surface area contributed by atoms with Gasteiger partial charge in [-0.15, -0.1) is 0 Å². The van der Waals surface area contributed by atoms with Crippen LogP contribution in [0.15, 0.2) is 88.9 Å². The summed E-state index contributed by atoms with van der Waals surface area (Å²) in [4.78, 5) is 26.6. The number of hydrogen-bond acceptors (Lipinski definition) is 6. The molecule has 0 aromatic heterocycles. The first-order valence-corrected chi connectivity index (χ1v) is 13.9. The minimum atomic E-state index is -4.23. The minimum Gasteiger partial charge on any atom is -0.484 e. The van der Waals surface area contributed by atoms with Gasteiger partial charge in [-0.05, 0) is 73.4 Å². The van der Waals surface area contributed by atoms with Crippen molar-refractivity contribution in [3.05, 3.63) is 90.2 Å². The summed E-state index contributed by atoms with van der Waals surface area (Å²) in [5.74, 6) is -1.06. The average molecular weight is 553 g/mol. The molecule has 1 saturated heterocycles.